The molecule has 1 aromatic heterocycles. The summed E-state index contributed by atoms with van der Waals surface area (Å²) in [5.41, 5.74) is 5.90. The molecule has 0 aliphatic carbocycles. The summed E-state index contributed by atoms with van der Waals surface area (Å²) in [6, 6.07) is 0. The van der Waals surface area contributed by atoms with E-state index in [2.05, 4.69) is 10.3 Å². The Hall–Kier alpha value is -1.60. The number of methoxy groups -OCH3 is 2. The van der Waals surface area contributed by atoms with Crippen LogP contribution in [0.2, 0.25) is 0 Å². The maximum Gasteiger partial charge on any atom is 0.351 e. The molecule has 33 heavy (non-hydrogen) atoms. The average molecular weight is 473 g/mol. The lowest BCUT2D eigenvalue weighted by Crippen LogP contribution is -2.29. The van der Waals surface area contributed by atoms with Gasteiger partial charge in [-0.2, -0.15) is 4.98 Å². The number of hydrogen-bond acceptors (Lipinski definition) is 10. The van der Waals surface area contributed by atoms with Crippen LogP contribution >= 0.6 is 0 Å². The summed E-state index contributed by atoms with van der Waals surface area (Å²) in [7, 11) is 3.25. The number of aromatic nitrogens is 2. The number of ether oxygens (including phenoxy) is 6. The monoisotopic (exact) mass is 472 g/mol. The van der Waals surface area contributed by atoms with Gasteiger partial charge in [-0.3, -0.25) is 4.57 Å². The van der Waals surface area contributed by atoms with Gasteiger partial charge in [-0.25, -0.2) is 4.79 Å². The summed E-state index contributed by atoms with van der Waals surface area (Å²) >= 11 is 0. The number of nitrogens with two attached hydrogens (primary N) is 1. The molecule has 2 heterocycles. The summed E-state index contributed by atoms with van der Waals surface area (Å²) in [6.07, 6.45) is 3.24. The quantitative estimate of drug-likeness (QED) is 0.295. The van der Waals surface area contributed by atoms with E-state index in [4.69, 9.17) is 34.2 Å². The average Bonchev–Trinajstić information content (AvgIpc) is 3.21. The van der Waals surface area contributed by atoms with E-state index >= 15 is 0 Å². The van der Waals surface area contributed by atoms with Gasteiger partial charge in [0, 0.05) is 52.2 Å². The Morgan fingerprint density at radius 1 is 1.12 bits per heavy atom. The maximum atomic E-state index is 12.6. The molecular formula is C22H40N4O7. The number of rotatable bonds is 18. The third-order valence-electron chi connectivity index (χ3n) is 5.25. The van der Waals surface area contributed by atoms with Crippen LogP contribution in [0.4, 0.5) is 5.82 Å². The highest BCUT2D eigenvalue weighted by molar-refractivity contribution is 5.41. The Labute approximate surface area is 195 Å². The first-order chi connectivity index (χ1) is 16.1. The van der Waals surface area contributed by atoms with E-state index in [9.17, 15) is 4.79 Å². The first-order valence-electron chi connectivity index (χ1n) is 11.5. The fourth-order valence-corrected chi connectivity index (χ4v) is 3.49. The second-order valence-corrected chi connectivity index (χ2v) is 7.82. The number of nitrogens with zero attached hydrogens (tertiary/aromatic N) is 2. The molecule has 0 spiro atoms. The molecule has 1 aliphatic rings. The minimum absolute atomic E-state index is 0.125. The van der Waals surface area contributed by atoms with Crippen molar-refractivity contribution in [2.45, 2.75) is 44.6 Å². The van der Waals surface area contributed by atoms with Crippen molar-refractivity contribution in [2.75, 3.05) is 78.9 Å². The minimum Gasteiger partial charge on any atom is -0.382 e. The van der Waals surface area contributed by atoms with E-state index in [1.807, 2.05) is 6.92 Å². The Balaban J connectivity index is 1.64. The topological polar surface area (TPSA) is 128 Å². The van der Waals surface area contributed by atoms with Crippen molar-refractivity contribution >= 4 is 5.82 Å². The second-order valence-electron chi connectivity index (χ2n) is 7.82. The number of anilines is 1. The van der Waals surface area contributed by atoms with Crippen molar-refractivity contribution in [1.29, 1.82) is 0 Å². The largest absolute Gasteiger partial charge is 0.382 e. The molecule has 0 bridgehead atoms. The number of nitrogens with one attached hydrogen (secondary N) is 1. The van der Waals surface area contributed by atoms with Crippen LogP contribution in [-0.2, 0) is 28.4 Å². The van der Waals surface area contributed by atoms with E-state index in [0.717, 1.165) is 18.4 Å². The summed E-state index contributed by atoms with van der Waals surface area (Å²) < 4.78 is 34.5. The van der Waals surface area contributed by atoms with Gasteiger partial charge in [0.15, 0.2) is 0 Å². The SMILES string of the molecule is COCC1OC(n2cc(C)c(NCCCOCCOCCOCCCN)nc2=O)CC1OC. The van der Waals surface area contributed by atoms with Gasteiger partial charge in [0.25, 0.3) is 0 Å². The van der Waals surface area contributed by atoms with Crippen LogP contribution in [0.25, 0.3) is 0 Å². The van der Waals surface area contributed by atoms with E-state index in [-0.39, 0.29) is 17.9 Å². The van der Waals surface area contributed by atoms with Crippen molar-refractivity contribution in [3.8, 4) is 0 Å². The van der Waals surface area contributed by atoms with Crippen molar-refractivity contribution < 1.29 is 28.4 Å². The van der Waals surface area contributed by atoms with Crippen molar-refractivity contribution in [3.63, 3.8) is 0 Å². The van der Waals surface area contributed by atoms with Crippen LogP contribution in [0.3, 0.4) is 0 Å². The molecule has 0 saturated carbocycles. The van der Waals surface area contributed by atoms with Crippen LogP contribution in [0.1, 0.15) is 31.1 Å². The summed E-state index contributed by atoms with van der Waals surface area (Å²) in [5.74, 6) is 0.573. The predicted molar refractivity (Wildman–Crippen MR) is 124 cm³/mol. The van der Waals surface area contributed by atoms with E-state index in [1.54, 1.807) is 20.4 Å². The van der Waals surface area contributed by atoms with Crippen LogP contribution in [-0.4, -0.2) is 95.3 Å². The van der Waals surface area contributed by atoms with Gasteiger partial charge in [-0.1, -0.05) is 0 Å². The van der Waals surface area contributed by atoms with Crippen LogP contribution in [0.15, 0.2) is 11.0 Å². The summed E-state index contributed by atoms with van der Waals surface area (Å²) in [6.45, 7) is 7.06. The molecule has 1 aromatic rings. The van der Waals surface area contributed by atoms with Gasteiger partial charge >= 0.3 is 5.69 Å². The Morgan fingerprint density at radius 3 is 2.42 bits per heavy atom. The van der Waals surface area contributed by atoms with Crippen LogP contribution < -0.4 is 16.7 Å². The van der Waals surface area contributed by atoms with Crippen molar-refractivity contribution in [3.05, 3.63) is 22.2 Å². The smallest absolute Gasteiger partial charge is 0.351 e. The molecule has 1 saturated heterocycles. The molecule has 11 heteroatoms. The Morgan fingerprint density at radius 2 is 1.79 bits per heavy atom. The standard InChI is InChI=1S/C22H40N4O7/c1-17-15-26(20-14-18(29-3)19(33-20)16-28-2)22(27)25-21(17)24-7-5-9-31-11-13-32-12-10-30-8-4-6-23/h15,18-20H,4-14,16,23H2,1-3H3,(H,24,25,27). The molecule has 3 unspecified atom stereocenters. The van der Waals surface area contributed by atoms with Gasteiger partial charge in [0.05, 0.1) is 39.1 Å². The number of aryl methyl sites for hydroxylation is 1. The van der Waals surface area contributed by atoms with Crippen molar-refractivity contribution in [1.82, 2.24) is 9.55 Å². The normalized spacial score (nSPS) is 20.4. The summed E-state index contributed by atoms with van der Waals surface area (Å²) in [5, 5.41) is 3.21. The van der Waals surface area contributed by atoms with E-state index in [1.165, 1.54) is 4.57 Å². The molecule has 3 N–H and O–H groups in total. The zero-order valence-electron chi connectivity index (χ0n) is 20.1. The third-order valence-corrected chi connectivity index (χ3v) is 5.25. The highest BCUT2D eigenvalue weighted by atomic mass is 16.6. The van der Waals surface area contributed by atoms with Gasteiger partial charge in [0.2, 0.25) is 0 Å². The van der Waals surface area contributed by atoms with Gasteiger partial charge < -0.3 is 39.5 Å². The van der Waals surface area contributed by atoms with Crippen LogP contribution in [0, 0.1) is 6.92 Å². The van der Waals surface area contributed by atoms with E-state index < -0.39 is 6.23 Å². The van der Waals surface area contributed by atoms with Gasteiger partial charge in [-0.15, -0.1) is 0 Å². The lowest BCUT2D eigenvalue weighted by atomic mass is 10.2. The predicted octanol–water partition coefficient (Wildman–Crippen LogP) is 0.701. The zero-order chi connectivity index (χ0) is 23.9. The second kappa shape index (κ2) is 16.1. The third kappa shape index (κ3) is 9.65. The van der Waals surface area contributed by atoms with Gasteiger partial charge in [-0.05, 0) is 26.3 Å². The van der Waals surface area contributed by atoms with Crippen molar-refractivity contribution in [2.24, 2.45) is 5.73 Å². The molecule has 0 amide bonds. The first kappa shape index (κ1) is 27.6. The molecule has 190 valence electrons. The minimum atomic E-state index is -0.420. The highest BCUT2D eigenvalue weighted by Gasteiger charge is 2.37. The number of hydrogen-bond donors (Lipinski definition) is 2. The lowest BCUT2D eigenvalue weighted by Gasteiger charge is -2.17. The van der Waals surface area contributed by atoms with E-state index in [0.29, 0.717) is 71.6 Å². The molecule has 0 aromatic carbocycles. The Kier molecular flexibility index (Phi) is 13.5. The molecule has 0 radical (unpaired) electrons. The maximum absolute atomic E-state index is 12.6. The lowest BCUT2D eigenvalue weighted by molar-refractivity contribution is -0.0618. The van der Waals surface area contributed by atoms with Crippen LogP contribution in [0.5, 0.6) is 0 Å². The van der Waals surface area contributed by atoms with Gasteiger partial charge in [0.1, 0.15) is 18.1 Å². The summed E-state index contributed by atoms with van der Waals surface area (Å²) in [4.78, 5) is 16.8. The molecule has 3 atom stereocenters. The fraction of sp³-hybridized carbons (Fsp3) is 0.818. The molecule has 1 aliphatic heterocycles. The Bertz CT molecular complexity index is 718. The zero-order valence-corrected chi connectivity index (χ0v) is 20.1. The molecular weight excluding hydrogens is 432 g/mol. The molecule has 2 rings (SSSR count). The first-order valence-corrected chi connectivity index (χ1v) is 11.5. The molecule has 11 nitrogen and oxygen atoms in total. The molecule has 1 fully saturated rings. The highest BCUT2D eigenvalue weighted by Crippen LogP contribution is 2.30. The fourth-order valence-electron chi connectivity index (χ4n) is 3.49.